The third kappa shape index (κ3) is 5.11. The van der Waals surface area contributed by atoms with Crippen molar-refractivity contribution in [1.29, 1.82) is 0 Å². The summed E-state index contributed by atoms with van der Waals surface area (Å²) in [5.74, 6) is -0.880. The number of halogens is 1. The highest BCUT2D eigenvalue weighted by molar-refractivity contribution is 7.92. The molecule has 2 aromatic rings. The summed E-state index contributed by atoms with van der Waals surface area (Å²) in [6.07, 6.45) is 2.61. The Kier molecular flexibility index (Phi) is 6.82. The zero-order valence-electron chi connectivity index (χ0n) is 15.4. The van der Waals surface area contributed by atoms with Crippen molar-refractivity contribution in [1.82, 2.24) is 5.32 Å². The van der Waals surface area contributed by atoms with Gasteiger partial charge >= 0.3 is 0 Å². The minimum Gasteiger partial charge on any atom is -0.349 e. The molecule has 0 bridgehead atoms. The van der Waals surface area contributed by atoms with Crippen LogP contribution in [0.3, 0.4) is 0 Å². The maximum absolute atomic E-state index is 12.6. The van der Waals surface area contributed by atoms with Crippen molar-refractivity contribution in [3.05, 3.63) is 71.3 Å². The van der Waals surface area contributed by atoms with Crippen LogP contribution >= 0.6 is 11.6 Å². The summed E-state index contributed by atoms with van der Waals surface area (Å²) in [5.41, 5.74) is 1.09. The SMILES string of the molecule is C=CCNC(=O)c1ccccc1NC(=O)c1ccc(N(C)S(C)(=O)=O)cc1Cl. The van der Waals surface area contributed by atoms with Gasteiger partial charge in [0.25, 0.3) is 11.8 Å². The van der Waals surface area contributed by atoms with Crippen LogP contribution < -0.4 is 14.9 Å². The van der Waals surface area contributed by atoms with Crippen molar-refractivity contribution >= 4 is 44.8 Å². The zero-order valence-corrected chi connectivity index (χ0v) is 17.0. The number of para-hydroxylation sites is 1. The molecule has 0 saturated heterocycles. The van der Waals surface area contributed by atoms with Crippen molar-refractivity contribution in [2.45, 2.75) is 0 Å². The largest absolute Gasteiger partial charge is 0.349 e. The number of carbonyl (C=O) groups excluding carboxylic acids is 2. The van der Waals surface area contributed by atoms with E-state index in [0.29, 0.717) is 23.5 Å². The summed E-state index contributed by atoms with van der Waals surface area (Å²) in [7, 11) is -2.07. The van der Waals surface area contributed by atoms with Crippen LogP contribution in [0, 0.1) is 0 Å². The Morgan fingerprint density at radius 3 is 2.43 bits per heavy atom. The van der Waals surface area contributed by atoms with Gasteiger partial charge in [-0.1, -0.05) is 29.8 Å². The van der Waals surface area contributed by atoms with Gasteiger partial charge in [-0.3, -0.25) is 13.9 Å². The summed E-state index contributed by atoms with van der Waals surface area (Å²) in [6, 6.07) is 10.8. The van der Waals surface area contributed by atoms with Crippen molar-refractivity contribution in [2.24, 2.45) is 0 Å². The van der Waals surface area contributed by atoms with Crippen LogP contribution in [0.5, 0.6) is 0 Å². The van der Waals surface area contributed by atoms with E-state index in [1.165, 1.54) is 25.2 Å². The first kappa shape index (κ1) is 21.5. The predicted octanol–water partition coefficient (Wildman–Crippen LogP) is 2.90. The molecule has 2 amide bonds. The monoisotopic (exact) mass is 421 g/mol. The van der Waals surface area contributed by atoms with Crippen molar-refractivity contribution in [3.8, 4) is 0 Å². The molecule has 0 aliphatic carbocycles. The maximum atomic E-state index is 12.6. The number of hydrogen-bond acceptors (Lipinski definition) is 4. The number of anilines is 2. The molecule has 0 aromatic heterocycles. The van der Waals surface area contributed by atoms with Gasteiger partial charge in [-0.25, -0.2) is 8.42 Å². The first-order valence-electron chi connectivity index (χ1n) is 8.18. The molecule has 2 N–H and O–H groups in total. The van der Waals surface area contributed by atoms with Gasteiger partial charge in [0.05, 0.1) is 33.8 Å². The second kappa shape index (κ2) is 8.90. The molecule has 0 atom stereocenters. The molecular weight excluding hydrogens is 402 g/mol. The molecule has 0 fully saturated rings. The van der Waals surface area contributed by atoms with Crippen molar-refractivity contribution in [3.63, 3.8) is 0 Å². The Morgan fingerprint density at radius 2 is 1.82 bits per heavy atom. The third-order valence-electron chi connectivity index (χ3n) is 3.89. The van der Waals surface area contributed by atoms with Crippen LogP contribution in [0.4, 0.5) is 11.4 Å². The van der Waals surface area contributed by atoms with Crippen LogP contribution in [0.2, 0.25) is 5.02 Å². The van der Waals surface area contributed by atoms with E-state index < -0.39 is 15.9 Å². The fourth-order valence-corrected chi connectivity index (χ4v) is 3.07. The molecule has 0 aliphatic heterocycles. The molecular formula is C19H20ClN3O4S. The van der Waals surface area contributed by atoms with Crippen LogP contribution in [0.25, 0.3) is 0 Å². The molecule has 0 aliphatic rings. The molecule has 28 heavy (non-hydrogen) atoms. The van der Waals surface area contributed by atoms with Gasteiger partial charge in [0.15, 0.2) is 0 Å². The van der Waals surface area contributed by atoms with Gasteiger partial charge in [-0.05, 0) is 30.3 Å². The smallest absolute Gasteiger partial charge is 0.257 e. The highest BCUT2D eigenvalue weighted by Crippen LogP contribution is 2.26. The lowest BCUT2D eigenvalue weighted by molar-refractivity contribution is 0.0959. The number of rotatable bonds is 7. The molecule has 148 valence electrons. The van der Waals surface area contributed by atoms with Gasteiger partial charge in [0.2, 0.25) is 10.0 Å². The molecule has 0 saturated carbocycles. The fourth-order valence-electron chi connectivity index (χ4n) is 2.32. The van der Waals surface area contributed by atoms with E-state index in [1.54, 1.807) is 30.3 Å². The summed E-state index contributed by atoms with van der Waals surface area (Å²) in [4.78, 5) is 24.9. The average Bonchev–Trinajstić information content (AvgIpc) is 2.64. The molecule has 0 radical (unpaired) electrons. The summed E-state index contributed by atoms with van der Waals surface area (Å²) in [6.45, 7) is 3.83. The summed E-state index contributed by atoms with van der Waals surface area (Å²) in [5, 5.41) is 5.40. The number of sulfonamides is 1. The second-order valence-electron chi connectivity index (χ2n) is 5.89. The number of nitrogens with one attached hydrogen (secondary N) is 2. The van der Waals surface area contributed by atoms with E-state index in [4.69, 9.17) is 11.6 Å². The van der Waals surface area contributed by atoms with Crippen LogP contribution in [0.1, 0.15) is 20.7 Å². The van der Waals surface area contributed by atoms with Crippen LogP contribution in [-0.4, -0.2) is 40.1 Å². The Hall–Kier alpha value is -2.84. The predicted molar refractivity (Wildman–Crippen MR) is 112 cm³/mol. The van der Waals surface area contributed by atoms with E-state index in [1.807, 2.05) is 0 Å². The standard InChI is InChI=1S/C19H20ClN3O4S/c1-4-11-21-18(24)15-7-5-6-8-17(15)22-19(25)14-10-9-13(12-16(14)20)23(2)28(3,26)27/h4-10,12H,1,11H2,2-3H3,(H,21,24)(H,22,25). The summed E-state index contributed by atoms with van der Waals surface area (Å²) >= 11 is 6.18. The lowest BCUT2D eigenvalue weighted by Crippen LogP contribution is -2.25. The Balaban J connectivity index is 2.27. The third-order valence-corrected chi connectivity index (χ3v) is 5.40. The zero-order chi connectivity index (χ0) is 20.9. The van der Waals surface area contributed by atoms with E-state index in [9.17, 15) is 18.0 Å². The normalized spacial score (nSPS) is 10.8. The number of amides is 2. The molecule has 0 spiro atoms. The maximum Gasteiger partial charge on any atom is 0.257 e. The molecule has 2 aromatic carbocycles. The quantitative estimate of drug-likeness (QED) is 0.672. The van der Waals surface area contributed by atoms with Gasteiger partial charge < -0.3 is 10.6 Å². The minimum absolute atomic E-state index is 0.0825. The van der Waals surface area contributed by atoms with E-state index in [0.717, 1.165) is 10.6 Å². The first-order valence-corrected chi connectivity index (χ1v) is 10.4. The van der Waals surface area contributed by atoms with Crippen molar-refractivity contribution in [2.75, 3.05) is 29.5 Å². The lowest BCUT2D eigenvalue weighted by Gasteiger charge is -2.17. The van der Waals surface area contributed by atoms with E-state index in [2.05, 4.69) is 17.2 Å². The molecule has 9 heteroatoms. The Morgan fingerprint density at radius 1 is 1.14 bits per heavy atom. The number of benzene rings is 2. The van der Waals surface area contributed by atoms with Gasteiger partial charge in [0, 0.05) is 13.6 Å². The minimum atomic E-state index is -3.45. The van der Waals surface area contributed by atoms with E-state index in [-0.39, 0.29) is 16.5 Å². The molecule has 0 heterocycles. The number of nitrogens with zero attached hydrogens (tertiary/aromatic N) is 1. The van der Waals surface area contributed by atoms with Gasteiger partial charge in [0.1, 0.15) is 0 Å². The average molecular weight is 422 g/mol. The topological polar surface area (TPSA) is 95.6 Å². The van der Waals surface area contributed by atoms with Crippen molar-refractivity contribution < 1.29 is 18.0 Å². The highest BCUT2D eigenvalue weighted by atomic mass is 35.5. The highest BCUT2D eigenvalue weighted by Gasteiger charge is 2.18. The summed E-state index contributed by atoms with van der Waals surface area (Å²) < 4.78 is 24.3. The first-order chi connectivity index (χ1) is 13.1. The Bertz CT molecular complexity index is 1020. The van der Waals surface area contributed by atoms with Gasteiger partial charge in [-0.2, -0.15) is 0 Å². The van der Waals surface area contributed by atoms with Crippen LogP contribution in [0.15, 0.2) is 55.1 Å². The Labute approximate surface area is 169 Å². The number of hydrogen-bond donors (Lipinski definition) is 2. The second-order valence-corrected chi connectivity index (χ2v) is 8.31. The lowest BCUT2D eigenvalue weighted by atomic mass is 10.1. The molecule has 2 rings (SSSR count). The van der Waals surface area contributed by atoms with E-state index >= 15 is 0 Å². The fraction of sp³-hybridized carbons (Fsp3) is 0.158. The van der Waals surface area contributed by atoms with Crippen LogP contribution in [-0.2, 0) is 10.0 Å². The molecule has 7 nitrogen and oxygen atoms in total. The van der Waals surface area contributed by atoms with Gasteiger partial charge in [-0.15, -0.1) is 6.58 Å². The number of carbonyl (C=O) groups is 2. The molecule has 0 unspecified atom stereocenters.